The van der Waals surface area contributed by atoms with Crippen LogP contribution in [0.3, 0.4) is 0 Å². The molecule has 9 heteroatoms. The van der Waals surface area contributed by atoms with Gasteiger partial charge in [0.1, 0.15) is 10.6 Å². The molecule has 1 aromatic heterocycles. The molecular formula is C21H31N5O3S. The molecule has 0 radical (unpaired) electrons. The molecule has 1 aliphatic rings. The van der Waals surface area contributed by atoms with Crippen LogP contribution in [-0.4, -0.2) is 70.5 Å². The fourth-order valence-electron chi connectivity index (χ4n) is 3.19. The van der Waals surface area contributed by atoms with Gasteiger partial charge in [0.25, 0.3) is 5.91 Å². The van der Waals surface area contributed by atoms with Crippen LogP contribution in [0.4, 0.5) is 5.82 Å². The number of fused-ring (bicyclic) bond motifs is 1. The first-order valence-electron chi connectivity index (χ1n) is 10.1. The van der Waals surface area contributed by atoms with Gasteiger partial charge in [0.05, 0.1) is 36.5 Å². The molecule has 164 valence electrons. The average molecular weight is 434 g/mol. The zero-order valence-electron chi connectivity index (χ0n) is 18.6. The summed E-state index contributed by atoms with van der Waals surface area (Å²) in [4.78, 5) is 25.8. The zero-order chi connectivity index (χ0) is 22.1. The first-order chi connectivity index (χ1) is 14.1. The molecule has 8 nitrogen and oxygen atoms in total. The van der Waals surface area contributed by atoms with Crippen LogP contribution in [0, 0.1) is 0 Å². The molecule has 0 spiro atoms. The van der Waals surface area contributed by atoms with E-state index >= 15 is 0 Å². The van der Waals surface area contributed by atoms with E-state index in [4.69, 9.17) is 9.72 Å². The van der Waals surface area contributed by atoms with E-state index in [-0.39, 0.29) is 11.9 Å². The predicted molar refractivity (Wildman–Crippen MR) is 120 cm³/mol. The van der Waals surface area contributed by atoms with Crippen molar-refractivity contribution in [2.24, 2.45) is 0 Å². The molecule has 1 unspecified atom stereocenters. The largest absolute Gasteiger partial charge is 0.598 e. The molecule has 3 rings (SSSR count). The number of nitrogens with zero attached hydrogens (tertiary/aromatic N) is 4. The SMILES string of the molecule is CC(N[S@+]([O-])C(C)(C)C)c1cc(C(=O)N(C)C)cc2ncc(N3CCOCC3)nc12. The molecule has 2 aromatic rings. The van der Waals surface area contributed by atoms with Crippen molar-refractivity contribution in [3.05, 3.63) is 29.5 Å². The summed E-state index contributed by atoms with van der Waals surface area (Å²) in [6.07, 6.45) is 1.74. The number of nitrogens with one attached hydrogen (secondary N) is 1. The summed E-state index contributed by atoms with van der Waals surface area (Å²) >= 11 is -1.27. The van der Waals surface area contributed by atoms with Crippen molar-refractivity contribution >= 4 is 34.1 Å². The second-order valence-corrected chi connectivity index (χ2v) is 10.7. The minimum atomic E-state index is -1.27. The maximum Gasteiger partial charge on any atom is 0.253 e. The summed E-state index contributed by atoms with van der Waals surface area (Å²) in [5.41, 5.74) is 2.69. The molecule has 1 saturated heterocycles. The van der Waals surface area contributed by atoms with Gasteiger partial charge < -0.3 is 19.1 Å². The molecule has 2 heterocycles. The second-order valence-electron chi connectivity index (χ2n) is 8.68. The highest BCUT2D eigenvalue weighted by Gasteiger charge is 2.29. The monoisotopic (exact) mass is 433 g/mol. The maximum atomic E-state index is 12.7. The molecule has 1 aromatic carbocycles. The van der Waals surface area contributed by atoms with Crippen molar-refractivity contribution in [1.82, 2.24) is 19.6 Å². The Balaban J connectivity index is 2.07. The van der Waals surface area contributed by atoms with Gasteiger partial charge >= 0.3 is 0 Å². The van der Waals surface area contributed by atoms with Crippen LogP contribution in [-0.2, 0) is 16.1 Å². The van der Waals surface area contributed by atoms with Gasteiger partial charge in [-0.3, -0.25) is 9.78 Å². The highest BCUT2D eigenvalue weighted by Crippen LogP contribution is 2.28. The lowest BCUT2D eigenvalue weighted by molar-refractivity contribution is 0.0827. The average Bonchev–Trinajstić information content (AvgIpc) is 2.71. The summed E-state index contributed by atoms with van der Waals surface area (Å²) in [6, 6.07) is 3.32. The maximum absolute atomic E-state index is 12.7. The Morgan fingerprint density at radius 3 is 2.57 bits per heavy atom. The van der Waals surface area contributed by atoms with Gasteiger partial charge in [-0.1, -0.05) is 0 Å². The smallest absolute Gasteiger partial charge is 0.253 e. The van der Waals surface area contributed by atoms with Crippen LogP contribution in [0.15, 0.2) is 18.3 Å². The summed E-state index contributed by atoms with van der Waals surface area (Å²) in [7, 11) is 3.44. The molecule has 2 atom stereocenters. The molecule has 0 saturated carbocycles. The number of rotatable bonds is 5. The number of aromatic nitrogens is 2. The number of benzene rings is 1. The first kappa shape index (κ1) is 22.7. The van der Waals surface area contributed by atoms with Gasteiger partial charge in [0, 0.05) is 49.7 Å². The number of morpholine rings is 1. The van der Waals surface area contributed by atoms with Gasteiger partial charge in [-0.25, -0.2) is 4.98 Å². The third-order valence-electron chi connectivity index (χ3n) is 4.96. The van der Waals surface area contributed by atoms with E-state index in [9.17, 15) is 9.35 Å². The molecule has 0 aliphatic carbocycles. The van der Waals surface area contributed by atoms with Crippen molar-refractivity contribution < 1.29 is 14.1 Å². The van der Waals surface area contributed by atoms with Gasteiger partial charge in [0.15, 0.2) is 0 Å². The third-order valence-corrected chi connectivity index (χ3v) is 6.64. The van der Waals surface area contributed by atoms with E-state index in [1.807, 2.05) is 33.8 Å². The van der Waals surface area contributed by atoms with E-state index in [1.165, 1.54) is 4.90 Å². The molecule has 1 fully saturated rings. The van der Waals surface area contributed by atoms with Crippen LogP contribution in [0.5, 0.6) is 0 Å². The Morgan fingerprint density at radius 1 is 1.30 bits per heavy atom. The number of anilines is 1. The first-order valence-corrected chi connectivity index (χ1v) is 11.3. The van der Waals surface area contributed by atoms with Crippen molar-refractivity contribution in [2.75, 3.05) is 45.3 Å². The number of carbonyl (C=O) groups is 1. The quantitative estimate of drug-likeness (QED) is 0.723. The van der Waals surface area contributed by atoms with Crippen LogP contribution >= 0.6 is 0 Å². The van der Waals surface area contributed by atoms with Crippen molar-refractivity contribution in [3.63, 3.8) is 0 Å². The van der Waals surface area contributed by atoms with Gasteiger partial charge in [-0.2, -0.15) is 0 Å². The minimum Gasteiger partial charge on any atom is -0.598 e. The van der Waals surface area contributed by atoms with Crippen LogP contribution < -0.4 is 9.62 Å². The number of ether oxygens (including phenoxy) is 1. The fourth-order valence-corrected chi connectivity index (χ4v) is 3.99. The Morgan fingerprint density at radius 2 is 1.97 bits per heavy atom. The van der Waals surface area contributed by atoms with Crippen LogP contribution in [0.1, 0.15) is 49.7 Å². The van der Waals surface area contributed by atoms with E-state index in [0.717, 1.165) is 24.5 Å². The number of amides is 1. The van der Waals surface area contributed by atoms with E-state index in [0.29, 0.717) is 29.8 Å². The standard InChI is InChI=1S/C21H31N5O3S/c1-14(24-30(28)21(2,3)4)16-11-15(20(27)25(5)6)12-17-19(16)23-18(13-22-17)26-7-9-29-10-8-26/h11-14,24H,7-10H2,1-6H3/t14?,30-/m1/s1. The normalized spacial score (nSPS) is 17.1. The molecule has 1 amide bonds. The summed E-state index contributed by atoms with van der Waals surface area (Å²) in [5, 5.41) is 0. The molecule has 1 aliphatic heterocycles. The zero-order valence-corrected chi connectivity index (χ0v) is 19.4. The third kappa shape index (κ3) is 5.03. The lowest BCUT2D eigenvalue weighted by atomic mass is 10.0. The summed E-state index contributed by atoms with van der Waals surface area (Å²) < 4.78 is 20.9. The predicted octanol–water partition coefficient (Wildman–Crippen LogP) is 2.28. The van der Waals surface area contributed by atoms with Gasteiger partial charge in [0.2, 0.25) is 0 Å². The van der Waals surface area contributed by atoms with E-state index < -0.39 is 16.1 Å². The lowest BCUT2D eigenvalue weighted by Crippen LogP contribution is -2.40. The van der Waals surface area contributed by atoms with Crippen LogP contribution in [0.2, 0.25) is 0 Å². The number of carbonyl (C=O) groups excluding carboxylic acids is 1. The molecule has 0 bridgehead atoms. The van der Waals surface area contributed by atoms with Crippen molar-refractivity contribution in [1.29, 1.82) is 0 Å². The molecule has 30 heavy (non-hydrogen) atoms. The Hall–Kier alpha value is -1.94. The number of hydrogen-bond donors (Lipinski definition) is 1. The topological polar surface area (TPSA) is 93.6 Å². The van der Waals surface area contributed by atoms with E-state index in [1.54, 1.807) is 26.4 Å². The minimum absolute atomic E-state index is 0.110. The Kier molecular flexibility index (Phi) is 6.86. The van der Waals surface area contributed by atoms with Gasteiger partial charge in [-0.05, 0) is 39.8 Å². The van der Waals surface area contributed by atoms with E-state index in [2.05, 4.69) is 14.6 Å². The Labute approximate surface area is 181 Å². The van der Waals surface area contributed by atoms with Crippen LogP contribution in [0.25, 0.3) is 11.0 Å². The van der Waals surface area contributed by atoms with Gasteiger partial charge in [-0.15, -0.1) is 4.72 Å². The lowest BCUT2D eigenvalue weighted by Gasteiger charge is -2.29. The molecular weight excluding hydrogens is 402 g/mol. The highest BCUT2D eigenvalue weighted by atomic mass is 32.2. The second kappa shape index (κ2) is 9.05. The van der Waals surface area contributed by atoms with Crippen molar-refractivity contribution in [3.8, 4) is 0 Å². The summed E-state index contributed by atoms with van der Waals surface area (Å²) in [5.74, 6) is 0.671. The fraction of sp³-hybridized carbons (Fsp3) is 0.571. The summed E-state index contributed by atoms with van der Waals surface area (Å²) in [6.45, 7) is 10.5. The molecule has 1 N–H and O–H groups in total. The Bertz CT molecular complexity index is 909. The number of hydrogen-bond acceptors (Lipinski definition) is 7. The highest BCUT2D eigenvalue weighted by molar-refractivity contribution is 7.90. The van der Waals surface area contributed by atoms with Crippen molar-refractivity contribution in [2.45, 2.75) is 38.5 Å².